The Kier molecular flexibility index (Phi) is 10.9. The van der Waals surface area contributed by atoms with Gasteiger partial charge in [0.05, 0.1) is 20.3 Å². The van der Waals surface area contributed by atoms with Crippen LogP contribution in [-0.2, 0) is 28.5 Å². The molecule has 0 saturated heterocycles. The Bertz CT molecular complexity index is 986. The van der Waals surface area contributed by atoms with Crippen molar-refractivity contribution < 1.29 is 42.7 Å². The molecular weight excluding hydrogens is 444 g/mol. The number of fused-ring (bicyclic) bond motifs is 1. The van der Waals surface area contributed by atoms with Gasteiger partial charge in [-0.15, -0.1) is 0 Å². The average molecular weight is 475 g/mol. The van der Waals surface area contributed by atoms with Gasteiger partial charge in [0.1, 0.15) is 19.0 Å². The van der Waals surface area contributed by atoms with E-state index < -0.39 is 24.1 Å². The van der Waals surface area contributed by atoms with Crippen molar-refractivity contribution in [3.63, 3.8) is 0 Å². The molecule has 0 spiro atoms. The van der Waals surface area contributed by atoms with Crippen molar-refractivity contribution in [2.75, 3.05) is 47.8 Å². The van der Waals surface area contributed by atoms with E-state index in [0.717, 1.165) is 22.9 Å². The molecule has 0 aliphatic rings. The summed E-state index contributed by atoms with van der Waals surface area (Å²) in [6.07, 6.45) is 0.874. The van der Waals surface area contributed by atoms with E-state index in [4.69, 9.17) is 33.2 Å². The Morgan fingerprint density at radius 1 is 0.794 bits per heavy atom. The predicted molar refractivity (Wildman–Crippen MR) is 125 cm³/mol. The molecule has 9 nitrogen and oxygen atoms in total. The van der Waals surface area contributed by atoms with Crippen molar-refractivity contribution >= 4 is 22.7 Å². The molecule has 0 radical (unpaired) electrons. The van der Waals surface area contributed by atoms with Crippen molar-refractivity contribution in [1.82, 2.24) is 0 Å². The van der Waals surface area contributed by atoms with Crippen LogP contribution in [0.4, 0.5) is 0 Å². The summed E-state index contributed by atoms with van der Waals surface area (Å²) in [6.45, 7) is 7.18. The fourth-order valence-electron chi connectivity index (χ4n) is 3.10. The number of esters is 2. The molecule has 0 aromatic heterocycles. The first-order chi connectivity index (χ1) is 16.5. The number of carbonyl (C=O) groups is 2. The molecule has 0 fully saturated rings. The van der Waals surface area contributed by atoms with Crippen LogP contribution in [0, 0.1) is 0 Å². The first-order valence-electron chi connectivity index (χ1n) is 10.5. The van der Waals surface area contributed by atoms with E-state index in [9.17, 15) is 9.59 Å². The quantitative estimate of drug-likeness (QED) is 0.285. The van der Waals surface area contributed by atoms with Gasteiger partial charge in [-0.25, -0.2) is 9.59 Å². The second-order valence-electron chi connectivity index (χ2n) is 7.01. The summed E-state index contributed by atoms with van der Waals surface area (Å²) in [4.78, 5) is 23.2. The Morgan fingerprint density at radius 3 is 1.82 bits per heavy atom. The lowest BCUT2D eigenvalue weighted by Crippen LogP contribution is -2.29. The molecule has 2 atom stereocenters. The standard InChI is InChI=1S/C25H30O9/c1-6-23(26)33-17(13-28-3)15-31-21-12-22(30-5)25(20-11-9-8-10-19(20)21)32-16-18(14-29-4)34-24(27)7-2/h6-12,17-18H,1-2,13-16H2,3-5H3. The van der Waals surface area contributed by atoms with Crippen LogP contribution in [0.25, 0.3) is 10.8 Å². The third kappa shape index (κ3) is 7.50. The van der Waals surface area contributed by atoms with Crippen molar-refractivity contribution in [3.8, 4) is 17.2 Å². The van der Waals surface area contributed by atoms with E-state index in [1.165, 1.54) is 21.3 Å². The van der Waals surface area contributed by atoms with Crippen LogP contribution in [0.2, 0.25) is 0 Å². The number of carbonyl (C=O) groups excluding carboxylic acids is 2. The van der Waals surface area contributed by atoms with Crippen LogP contribution in [0.3, 0.4) is 0 Å². The summed E-state index contributed by atoms with van der Waals surface area (Å²) in [5.74, 6) is 0.217. The SMILES string of the molecule is C=CC(=O)OC(COC)COc1cc(OC)c(OCC(COC)OC(=O)C=C)c2ccccc12. The van der Waals surface area contributed by atoms with E-state index in [1.54, 1.807) is 6.07 Å². The minimum absolute atomic E-state index is 0.0292. The lowest BCUT2D eigenvalue weighted by atomic mass is 10.1. The van der Waals surface area contributed by atoms with Crippen LogP contribution in [0.5, 0.6) is 17.2 Å². The van der Waals surface area contributed by atoms with Crippen LogP contribution < -0.4 is 14.2 Å². The molecule has 0 bridgehead atoms. The highest BCUT2D eigenvalue weighted by atomic mass is 16.6. The normalized spacial score (nSPS) is 12.3. The molecule has 0 aliphatic carbocycles. The second-order valence-corrected chi connectivity index (χ2v) is 7.01. The first-order valence-corrected chi connectivity index (χ1v) is 10.5. The van der Waals surface area contributed by atoms with Gasteiger partial charge < -0.3 is 33.2 Å². The van der Waals surface area contributed by atoms with Gasteiger partial charge in [-0.1, -0.05) is 37.4 Å². The minimum atomic E-state index is -0.649. The number of rotatable bonds is 15. The second kappa shape index (κ2) is 13.9. The molecule has 0 heterocycles. The number of hydrogen-bond donors (Lipinski definition) is 0. The van der Waals surface area contributed by atoms with E-state index >= 15 is 0 Å². The predicted octanol–water partition coefficient (Wildman–Crippen LogP) is 3.09. The average Bonchev–Trinajstić information content (AvgIpc) is 2.85. The summed E-state index contributed by atoms with van der Waals surface area (Å²) in [6, 6.07) is 9.10. The Labute approximate surface area is 198 Å². The Hall–Kier alpha value is -3.56. The number of hydrogen-bond acceptors (Lipinski definition) is 9. The van der Waals surface area contributed by atoms with Crippen LogP contribution in [0.1, 0.15) is 0 Å². The smallest absolute Gasteiger partial charge is 0.330 e. The maximum absolute atomic E-state index is 11.6. The van der Waals surface area contributed by atoms with Crippen molar-refractivity contribution in [1.29, 1.82) is 0 Å². The van der Waals surface area contributed by atoms with Crippen LogP contribution >= 0.6 is 0 Å². The summed E-state index contributed by atoms with van der Waals surface area (Å²) >= 11 is 0. The highest BCUT2D eigenvalue weighted by Crippen LogP contribution is 2.41. The van der Waals surface area contributed by atoms with Crippen LogP contribution in [0.15, 0.2) is 55.6 Å². The zero-order valence-corrected chi connectivity index (χ0v) is 19.6. The fraction of sp³-hybridized carbons (Fsp3) is 0.360. The van der Waals surface area contributed by atoms with Gasteiger partial charge in [0.25, 0.3) is 0 Å². The monoisotopic (exact) mass is 474 g/mol. The summed E-state index contributed by atoms with van der Waals surface area (Å²) in [7, 11) is 4.51. The topological polar surface area (TPSA) is 98.8 Å². The molecule has 2 rings (SSSR count). The van der Waals surface area contributed by atoms with Gasteiger partial charge in [0.15, 0.2) is 23.7 Å². The van der Waals surface area contributed by atoms with Gasteiger partial charge in [0, 0.05) is 43.2 Å². The van der Waals surface area contributed by atoms with Gasteiger partial charge in [-0.3, -0.25) is 0 Å². The van der Waals surface area contributed by atoms with Gasteiger partial charge in [0.2, 0.25) is 0 Å². The molecule has 34 heavy (non-hydrogen) atoms. The molecule has 9 heteroatoms. The Morgan fingerprint density at radius 2 is 1.32 bits per heavy atom. The molecule has 0 N–H and O–H groups in total. The molecule has 0 amide bonds. The molecular formula is C25H30O9. The largest absolute Gasteiger partial charge is 0.493 e. The zero-order valence-electron chi connectivity index (χ0n) is 19.6. The summed E-state index contributed by atoms with van der Waals surface area (Å²) in [5.41, 5.74) is 0. The lowest BCUT2D eigenvalue weighted by molar-refractivity contribution is -0.148. The third-order valence-electron chi connectivity index (χ3n) is 4.59. The van der Waals surface area contributed by atoms with Crippen LogP contribution in [-0.4, -0.2) is 71.9 Å². The molecule has 2 aromatic rings. The van der Waals surface area contributed by atoms with E-state index in [-0.39, 0.29) is 26.4 Å². The van der Waals surface area contributed by atoms with Gasteiger partial charge >= 0.3 is 11.9 Å². The highest BCUT2D eigenvalue weighted by molar-refractivity contribution is 5.95. The fourth-order valence-corrected chi connectivity index (χ4v) is 3.10. The van der Waals surface area contributed by atoms with Gasteiger partial charge in [-0.05, 0) is 0 Å². The van der Waals surface area contributed by atoms with E-state index in [1.807, 2.05) is 24.3 Å². The number of benzene rings is 2. The van der Waals surface area contributed by atoms with Crippen molar-refractivity contribution in [2.45, 2.75) is 12.2 Å². The Balaban J connectivity index is 2.30. The summed E-state index contributed by atoms with van der Waals surface area (Å²) < 4.78 is 38.3. The molecule has 184 valence electrons. The van der Waals surface area contributed by atoms with Crippen molar-refractivity contribution in [3.05, 3.63) is 55.6 Å². The number of ether oxygens (including phenoxy) is 7. The van der Waals surface area contributed by atoms with Gasteiger partial charge in [-0.2, -0.15) is 0 Å². The molecule has 2 aromatic carbocycles. The van der Waals surface area contributed by atoms with Crippen molar-refractivity contribution in [2.24, 2.45) is 0 Å². The maximum Gasteiger partial charge on any atom is 0.330 e. The third-order valence-corrected chi connectivity index (χ3v) is 4.59. The maximum atomic E-state index is 11.6. The molecule has 0 aliphatic heterocycles. The molecule has 2 unspecified atom stereocenters. The minimum Gasteiger partial charge on any atom is -0.493 e. The highest BCUT2D eigenvalue weighted by Gasteiger charge is 2.20. The number of methoxy groups -OCH3 is 3. The molecule has 0 saturated carbocycles. The lowest BCUT2D eigenvalue weighted by Gasteiger charge is -2.21. The first kappa shape index (κ1) is 26.7. The van der Waals surface area contributed by atoms with E-state index in [0.29, 0.717) is 17.2 Å². The van der Waals surface area contributed by atoms with E-state index in [2.05, 4.69) is 13.2 Å². The zero-order chi connectivity index (χ0) is 24.9. The summed E-state index contributed by atoms with van der Waals surface area (Å²) in [5, 5.41) is 1.46.